The minimum Gasteiger partial charge on any atom is -0.508 e. The highest BCUT2D eigenvalue weighted by atomic mass is 79.9. The molecule has 0 aliphatic heterocycles. The first-order chi connectivity index (χ1) is 9.52. The number of rotatable bonds is 4. The number of phenols is 1. The molecule has 20 heavy (non-hydrogen) atoms. The second-order valence-electron chi connectivity index (χ2n) is 5.26. The SMILES string of the molecule is CC(C)c1ccc([C@H](CO)c2cc(Br)ccc2O)cc1. The van der Waals surface area contributed by atoms with Crippen LogP contribution in [0.15, 0.2) is 46.9 Å². The van der Waals surface area contributed by atoms with Crippen LogP contribution in [0, 0.1) is 0 Å². The largest absolute Gasteiger partial charge is 0.508 e. The number of aromatic hydroxyl groups is 1. The normalized spacial score (nSPS) is 12.7. The second kappa shape index (κ2) is 6.42. The topological polar surface area (TPSA) is 40.5 Å². The molecule has 2 rings (SSSR count). The van der Waals surface area contributed by atoms with E-state index in [9.17, 15) is 10.2 Å². The third kappa shape index (κ3) is 3.22. The van der Waals surface area contributed by atoms with Gasteiger partial charge in [0.25, 0.3) is 0 Å². The molecule has 0 aromatic heterocycles. The van der Waals surface area contributed by atoms with E-state index in [4.69, 9.17) is 0 Å². The summed E-state index contributed by atoms with van der Waals surface area (Å²) in [5, 5.41) is 19.7. The van der Waals surface area contributed by atoms with Crippen molar-refractivity contribution in [1.82, 2.24) is 0 Å². The quantitative estimate of drug-likeness (QED) is 0.869. The maximum absolute atomic E-state index is 10.0. The van der Waals surface area contributed by atoms with Gasteiger partial charge in [-0.3, -0.25) is 0 Å². The fraction of sp³-hybridized carbons (Fsp3) is 0.294. The van der Waals surface area contributed by atoms with Crippen molar-refractivity contribution in [1.29, 1.82) is 0 Å². The molecule has 0 heterocycles. The van der Waals surface area contributed by atoms with E-state index in [0.29, 0.717) is 5.92 Å². The molecule has 0 aliphatic rings. The Morgan fingerprint density at radius 1 is 1.00 bits per heavy atom. The first-order valence-electron chi connectivity index (χ1n) is 6.72. The maximum atomic E-state index is 10.0. The number of aliphatic hydroxyl groups excluding tert-OH is 1. The predicted molar refractivity (Wildman–Crippen MR) is 85.3 cm³/mol. The van der Waals surface area contributed by atoms with E-state index in [-0.39, 0.29) is 18.3 Å². The Labute approximate surface area is 128 Å². The molecule has 0 radical (unpaired) electrons. The minimum absolute atomic E-state index is 0.0367. The molecule has 2 nitrogen and oxygen atoms in total. The lowest BCUT2D eigenvalue weighted by molar-refractivity contribution is 0.278. The van der Waals surface area contributed by atoms with Crippen molar-refractivity contribution < 1.29 is 10.2 Å². The van der Waals surface area contributed by atoms with Crippen LogP contribution in [0.4, 0.5) is 0 Å². The molecule has 2 aromatic carbocycles. The van der Waals surface area contributed by atoms with E-state index < -0.39 is 0 Å². The Balaban J connectivity index is 2.39. The van der Waals surface area contributed by atoms with Gasteiger partial charge in [-0.2, -0.15) is 0 Å². The summed E-state index contributed by atoms with van der Waals surface area (Å²) < 4.78 is 0.891. The van der Waals surface area contributed by atoms with Crippen molar-refractivity contribution >= 4 is 15.9 Å². The monoisotopic (exact) mass is 334 g/mol. The van der Waals surface area contributed by atoms with Crippen LogP contribution in [-0.4, -0.2) is 16.8 Å². The van der Waals surface area contributed by atoms with Crippen LogP contribution in [0.3, 0.4) is 0 Å². The smallest absolute Gasteiger partial charge is 0.119 e. The molecule has 0 saturated carbocycles. The first kappa shape index (κ1) is 15.1. The molecule has 0 unspecified atom stereocenters. The van der Waals surface area contributed by atoms with E-state index in [1.807, 2.05) is 18.2 Å². The molecular formula is C17H19BrO2. The minimum atomic E-state index is -0.214. The molecule has 0 fully saturated rings. The highest BCUT2D eigenvalue weighted by Gasteiger charge is 2.17. The predicted octanol–water partition coefficient (Wildman–Crippen LogP) is 4.40. The standard InChI is InChI=1S/C17H19BrO2/c1-11(2)12-3-5-13(6-4-12)16(10-19)15-9-14(18)7-8-17(15)20/h3-9,11,16,19-20H,10H2,1-2H3/t16-/m0/s1. The fourth-order valence-electron chi connectivity index (χ4n) is 2.30. The molecule has 0 aliphatic carbocycles. The summed E-state index contributed by atoms with van der Waals surface area (Å²) >= 11 is 3.40. The Bertz CT molecular complexity index is 576. The Kier molecular flexibility index (Phi) is 4.84. The molecule has 2 aromatic rings. The molecule has 1 atom stereocenters. The molecule has 106 valence electrons. The van der Waals surface area contributed by atoms with Crippen molar-refractivity contribution in [2.24, 2.45) is 0 Å². The van der Waals surface area contributed by atoms with Gasteiger partial charge in [0, 0.05) is 16.0 Å². The van der Waals surface area contributed by atoms with Crippen molar-refractivity contribution in [3.63, 3.8) is 0 Å². The number of phenolic OH excluding ortho intramolecular Hbond substituents is 1. The highest BCUT2D eigenvalue weighted by molar-refractivity contribution is 9.10. The van der Waals surface area contributed by atoms with Crippen molar-refractivity contribution in [3.05, 3.63) is 63.6 Å². The lowest BCUT2D eigenvalue weighted by atomic mass is 9.90. The van der Waals surface area contributed by atoms with Gasteiger partial charge in [-0.05, 0) is 35.2 Å². The summed E-state index contributed by atoms with van der Waals surface area (Å²) in [5.41, 5.74) is 3.01. The van der Waals surface area contributed by atoms with E-state index in [1.165, 1.54) is 5.56 Å². The lowest BCUT2D eigenvalue weighted by Crippen LogP contribution is -2.06. The fourth-order valence-corrected chi connectivity index (χ4v) is 2.68. The first-order valence-corrected chi connectivity index (χ1v) is 7.51. The van der Waals surface area contributed by atoms with Gasteiger partial charge in [0.1, 0.15) is 5.75 Å². The van der Waals surface area contributed by atoms with Crippen LogP contribution >= 0.6 is 15.9 Å². The highest BCUT2D eigenvalue weighted by Crippen LogP contribution is 2.33. The van der Waals surface area contributed by atoms with Crippen molar-refractivity contribution in [2.75, 3.05) is 6.61 Å². The molecule has 0 saturated heterocycles. The van der Waals surface area contributed by atoms with Gasteiger partial charge < -0.3 is 10.2 Å². The van der Waals surface area contributed by atoms with Crippen LogP contribution in [0.25, 0.3) is 0 Å². The van der Waals surface area contributed by atoms with Gasteiger partial charge in [0.2, 0.25) is 0 Å². The van der Waals surface area contributed by atoms with Crippen LogP contribution in [0.2, 0.25) is 0 Å². The number of halogens is 1. The second-order valence-corrected chi connectivity index (χ2v) is 6.18. The number of hydrogen-bond donors (Lipinski definition) is 2. The Hall–Kier alpha value is -1.32. The molecule has 3 heteroatoms. The average molecular weight is 335 g/mol. The summed E-state index contributed by atoms with van der Waals surface area (Å²) in [5.74, 6) is 0.477. The zero-order valence-corrected chi connectivity index (χ0v) is 13.3. The van der Waals surface area contributed by atoms with Crippen LogP contribution in [0.5, 0.6) is 5.75 Å². The molecule has 0 spiro atoms. The summed E-state index contributed by atoms with van der Waals surface area (Å²) in [6.07, 6.45) is 0. The summed E-state index contributed by atoms with van der Waals surface area (Å²) in [4.78, 5) is 0. The van der Waals surface area contributed by atoms with Crippen molar-refractivity contribution in [3.8, 4) is 5.75 Å². The Morgan fingerprint density at radius 3 is 2.15 bits per heavy atom. The van der Waals surface area contributed by atoms with E-state index in [2.05, 4.69) is 41.9 Å². The summed E-state index contributed by atoms with van der Waals surface area (Å²) in [6.45, 7) is 4.27. The third-order valence-electron chi connectivity index (χ3n) is 3.55. The van der Waals surface area contributed by atoms with E-state index in [1.54, 1.807) is 12.1 Å². The zero-order valence-electron chi connectivity index (χ0n) is 11.7. The molecule has 0 bridgehead atoms. The summed E-state index contributed by atoms with van der Waals surface area (Å²) in [6, 6.07) is 13.5. The zero-order chi connectivity index (χ0) is 14.7. The van der Waals surface area contributed by atoms with Gasteiger partial charge >= 0.3 is 0 Å². The average Bonchev–Trinajstić information content (AvgIpc) is 2.44. The number of aliphatic hydroxyl groups is 1. The number of benzene rings is 2. The van der Waals surface area contributed by atoms with E-state index in [0.717, 1.165) is 15.6 Å². The molecule has 2 N–H and O–H groups in total. The maximum Gasteiger partial charge on any atom is 0.119 e. The van der Waals surface area contributed by atoms with Gasteiger partial charge in [0.15, 0.2) is 0 Å². The van der Waals surface area contributed by atoms with Gasteiger partial charge in [0.05, 0.1) is 6.61 Å². The van der Waals surface area contributed by atoms with Crippen LogP contribution < -0.4 is 0 Å². The van der Waals surface area contributed by atoms with Crippen molar-refractivity contribution in [2.45, 2.75) is 25.7 Å². The van der Waals surface area contributed by atoms with E-state index >= 15 is 0 Å². The lowest BCUT2D eigenvalue weighted by Gasteiger charge is -2.18. The Morgan fingerprint density at radius 2 is 1.60 bits per heavy atom. The third-order valence-corrected chi connectivity index (χ3v) is 4.05. The molecule has 0 amide bonds. The van der Waals surface area contributed by atoms with Gasteiger partial charge in [-0.1, -0.05) is 54.0 Å². The number of hydrogen-bond acceptors (Lipinski definition) is 2. The van der Waals surface area contributed by atoms with Crippen LogP contribution in [-0.2, 0) is 0 Å². The van der Waals surface area contributed by atoms with Crippen LogP contribution in [0.1, 0.15) is 42.4 Å². The summed E-state index contributed by atoms with van der Waals surface area (Å²) in [7, 11) is 0. The molecular weight excluding hydrogens is 316 g/mol. The van der Waals surface area contributed by atoms with Gasteiger partial charge in [-0.25, -0.2) is 0 Å². The van der Waals surface area contributed by atoms with Gasteiger partial charge in [-0.15, -0.1) is 0 Å².